The number of carbonyl (C=O) groups excluding carboxylic acids is 1. The standard InChI is InChI=1S/C13H27N3O2/c1-10(2)9-16(6-5-15(3)4)13(18)12-7-11(17)8-14-12/h10-12,14,17H,5-9H2,1-4H3. The minimum Gasteiger partial charge on any atom is -0.392 e. The summed E-state index contributed by atoms with van der Waals surface area (Å²) in [6.07, 6.45) is 0.156. The highest BCUT2D eigenvalue weighted by Gasteiger charge is 2.31. The SMILES string of the molecule is CC(C)CN(CCN(C)C)C(=O)C1CC(O)CN1. The fourth-order valence-corrected chi connectivity index (χ4v) is 2.18. The molecular formula is C13H27N3O2. The van der Waals surface area contributed by atoms with Crippen LogP contribution in [-0.4, -0.2) is 73.2 Å². The van der Waals surface area contributed by atoms with Gasteiger partial charge in [0.2, 0.25) is 5.91 Å². The van der Waals surface area contributed by atoms with E-state index in [0.29, 0.717) is 18.9 Å². The van der Waals surface area contributed by atoms with Crippen molar-refractivity contribution in [2.75, 3.05) is 40.3 Å². The first kappa shape index (κ1) is 15.4. The fourth-order valence-electron chi connectivity index (χ4n) is 2.18. The molecule has 1 rings (SSSR count). The minimum absolute atomic E-state index is 0.127. The van der Waals surface area contributed by atoms with Crippen molar-refractivity contribution in [3.8, 4) is 0 Å². The van der Waals surface area contributed by atoms with E-state index in [1.54, 1.807) is 0 Å². The second kappa shape index (κ2) is 7.07. The lowest BCUT2D eigenvalue weighted by atomic mass is 10.1. The molecule has 5 nitrogen and oxygen atoms in total. The van der Waals surface area contributed by atoms with Crippen LogP contribution in [0.2, 0.25) is 0 Å². The van der Waals surface area contributed by atoms with E-state index in [1.165, 1.54) is 0 Å². The molecule has 0 aromatic rings. The summed E-state index contributed by atoms with van der Waals surface area (Å²) in [5.74, 6) is 0.588. The zero-order valence-corrected chi connectivity index (χ0v) is 12.0. The maximum absolute atomic E-state index is 12.4. The fraction of sp³-hybridized carbons (Fsp3) is 0.923. The molecule has 18 heavy (non-hydrogen) atoms. The summed E-state index contributed by atoms with van der Waals surface area (Å²) in [6, 6.07) is -0.207. The molecule has 0 aromatic heterocycles. The molecule has 1 aliphatic rings. The number of aliphatic hydroxyl groups is 1. The lowest BCUT2D eigenvalue weighted by Gasteiger charge is -2.28. The molecule has 1 heterocycles. The molecule has 0 aromatic carbocycles. The molecule has 0 bridgehead atoms. The average Bonchev–Trinajstić information content (AvgIpc) is 2.69. The van der Waals surface area contributed by atoms with Gasteiger partial charge < -0.3 is 20.2 Å². The number of likely N-dealkylation sites (N-methyl/N-ethyl adjacent to an activating group) is 1. The molecule has 0 aliphatic carbocycles. The van der Waals surface area contributed by atoms with Gasteiger partial charge in [0.05, 0.1) is 12.1 Å². The molecule has 0 radical (unpaired) electrons. The van der Waals surface area contributed by atoms with Crippen LogP contribution in [0.15, 0.2) is 0 Å². The zero-order chi connectivity index (χ0) is 13.7. The van der Waals surface area contributed by atoms with Crippen LogP contribution in [0.4, 0.5) is 0 Å². The van der Waals surface area contributed by atoms with E-state index in [1.807, 2.05) is 19.0 Å². The van der Waals surface area contributed by atoms with E-state index in [-0.39, 0.29) is 18.1 Å². The molecule has 0 spiro atoms. The van der Waals surface area contributed by atoms with Gasteiger partial charge in [-0.1, -0.05) is 13.8 Å². The first-order valence-corrected chi connectivity index (χ1v) is 6.75. The second-order valence-electron chi connectivity index (χ2n) is 5.83. The normalized spacial score (nSPS) is 23.9. The number of aliphatic hydroxyl groups excluding tert-OH is 1. The number of carbonyl (C=O) groups is 1. The molecular weight excluding hydrogens is 230 g/mol. The van der Waals surface area contributed by atoms with E-state index >= 15 is 0 Å². The number of hydrogen-bond acceptors (Lipinski definition) is 4. The number of hydrogen-bond donors (Lipinski definition) is 2. The number of β-amino-alcohol motifs (C(OH)–C–C–N with tert-alkyl or cyclic N) is 1. The van der Waals surface area contributed by atoms with Crippen LogP contribution in [0.1, 0.15) is 20.3 Å². The third kappa shape index (κ3) is 4.92. The largest absolute Gasteiger partial charge is 0.392 e. The van der Waals surface area contributed by atoms with E-state index in [9.17, 15) is 9.90 Å². The molecule has 106 valence electrons. The van der Waals surface area contributed by atoms with Gasteiger partial charge in [-0.05, 0) is 26.4 Å². The molecule has 0 saturated carbocycles. The third-order valence-corrected chi connectivity index (χ3v) is 3.12. The van der Waals surface area contributed by atoms with Crippen LogP contribution in [-0.2, 0) is 4.79 Å². The molecule has 2 atom stereocenters. The Morgan fingerprint density at radius 3 is 2.50 bits per heavy atom. The third-order valence-electron chi connectivity index (χ3n) is 3.12. The Hall–Kier alpha value is -0.650. The highest BCUT2D eigenvalue weighted by Crippen LogP contribution is 2.11. The van der Waals surface area contributed by atoms with Gasteiger partial charge >= 0.3 is 0 Å². The summed E-state index contributed by atoms with van der Waals surface area (Å²) in [6.45, 7) is 7.16. The maximum Gasteiger partial charge on any atom is 0.239 e. The summed E-state index contributed by atoms with van der Waals surface area (Å²) in [5, 5.41) is 12.6. The average molecular weight is 257 g/mol. The van der Waals surface area contributed by atoms with E-state index in [4.69, 9.17) is 0 Å². The van der Waals surface area contributed by atoms with E-state index < -0.39 is 0 Å². The smallest absolute Gasteiger partial charge is 0.239 e. The molecule has 1 saturated heterocycles. The van der Waals surface area contributed by atoms with Crippen molar-refractivity contribution < 1.29 is 9.90 Å². The lowest BCUT2D eigenvalue weighted by Crippen LogP contribution is -2.47. The first-order valence-electron chi connectivity index (χ1n) is 6.75. The van der Waals surface area contributed by atoms with Crippen molar-refractivity contribution in [2.24, 2.45) is 5.92 Å². The van der Waals surface area contributed by atoms with Crippen LogP contribution in [0.25, 0.3) is 0 Å². The molecule has 5 heteroatoms. The Bertz CT molecular complexity index is 269. The Kier molecular flexibility index (Phi) is 6.05. The van der Waals surface area contributed by atoms with E-state index in [0.717, 1.165) is 19.6 Å². The van der Waals surface area contributed by atoms with Gasteiger partial charge in [0.15, 0.2) is 0 Å². The summed E-state index contributed by atoms with van der Waals surface area (Å²) in [7, 11) is 4.02. The summed E-state index contributed by atoms with van der Waals surface area (Å²) < 4.78 is 0. The molecule has 2 unspecified atom stereocenters. The Morgan fingerprint density at radius 2 is 2.06 bits per heavy atom. The Balaban J connectivity index is 2.54. The number of nitrogens with zero attached hydrogens (tertiary/aromatic N) is 2. The first-order chi connectivity index (χ1) is 8.40. The lowest BCUT2D eigenvalue weighted by molar-refractivity contribution is -0.133. The monoisotopic (exact) mass is 257 g/mol. The summed E-state index contributed by atoms with van der Waals surface area (Å²) in [4.78, 5) is 16.4. The van der Waals surface area contributed by atoms with Gasteiger partial charge in [0, 0.05) is 26.2 Å². The Morgan fingerprint density at radius 1 is 1.39 bits per heavy atom. The highest BCUT2D eigenvalue weighted by molar-refractivity contribution is 5.82. The molecule has 1 aliphatic heterocycles. The van der Waals surface area contributed by atoms with Gasteiger partial charge in [-0.2, -0.15) is 0 Å². The van der Waals surface area contributed by atoms with Crippen LogP contribution < -0.4 is 5.32 Å². The van der Waals surface area contributed by atoms with Crippen LogP contribution in [0.5, 0.6) is 0 Å². The van der Waals surface area contributed by atoms with Crippen molar-refractivity contribution in [3.05, 3.63) is 0 Å². The predicted octanol–water partition coefficient (Wildman–Crippen LogP) is -0.245. The maximum atomic E-state index is 12.4. The van der Waals surface area contributed by atoms with Crippen molar-refractivity contribution in [3.63, 3.8) is 0 Å². The molecule has 1 fully saturated rings. The van der Waals surface area contributed by atoms with Gasteiger partial charge in [-0.15, -0.1) is 0 Å². The molecule has 1 amide bonds. The quantitative estimate of drug-likeness (QED) is 0.689. The van der Waals surface area contributed by atoms with Crippen LogP contribution in [0, 0.1) is 5.92 Å². The number of amides is 1. The highest BCUT2D eigenvalue weighted by atomic mass is 16.3. The van der Waals surface area contributed by atoms with Crippen molar-refractivity contribution in [2.45, 2.75) is 32.4 Å². The number of rotatable bonds is 6. The van der Waals surface area contributed by atoms with Crippen molar-refractivity contribution in [1.29, 1.82) is 0 Å². The zero-order valence-electron chi connectivity index (χ0n) is 12.0. The topological polar surface area (TPSA) is 55.8 Å². The second-order valence-corrected chi connectivity index (χ2v) is 5.83. The van der Waals surface area contributed by atoms with Crippen LogP contribution >= 0.6 is 0 Å². The minimum atomic E-state index is -0.381. The number of nitrogens with one attached hydrogen (secondary N) is 1. The van der Waals surface area contributed by atoms with Crippen molar-refractivity contribution >= 4 is 5.91 Å². The van der Waals surface area contributed by atoms with Gasteiger partial charge in [0.1, 0.15) is 0 Å². The summed E-state index contributed by atoms with van der Waals surface area (Å²) >= 11 is 0. The molecule has 2 N–H and O–H groups in total. The Labute approximate surface area is 110 Å². The van der Waals surface area contributed by atoms with Gasteiger partial charge in [0.25, 0.3) is 0 Å². The van der Waals surface area contributed by atoms with Gasteiger partial charge in [-0.25, -0.2) is 0 Å². The van der Waals surface area contributed by atoms with Gasteiger partial charge in [-0.3, -0.25) is 4.79 Å². The van der Waals surface area contributed by atoms with Crippen LogP contribution in [0.3, 0.4) is 0 Å². The van der Waals surface area contributed by atoms with E-state index in [2.05, 4.69) is 24.1 Å². The predicted molar refractivity (Wildman–Crippen MR) is 72.4 cm³/mol. The van der Waals surface area contributed by atoms with Crippen molar-refractivity contribution in [1.82, 2.24) is 15.1 Å². The summed E-state index contributed by atoms with van der Waals surface area (Å²) in [5.41, 5.74) is 0.